The van der Waals surface area contributed by atoms with E-state index in [-0.39, 0.29) is 6.61 Å². The van der Waals surface area contributed by atoms with Crippen molar-refractivity contribution in [3.8, 4) is 5.75 Å². The van der Waals surface area contributed by atoms with Crippen molar-refractivity contribution >= 4 is 5.57 Å². The molecule has 0 spiro atoms. The van der Waals surface area contributed by atoms with Gasteiger partial charge in [-0.15, -0.1) is 0 Å². The van der Waals surface area contributed by atoms with E-state index in [2.05, 4.69) is 0 Å². The molecular formula is C11H14O2. The van der Waals surface area contributed by atoms with Gasteiger partial charge in [-0.2, -0.15) is 0 Å². The third-order valence-corrected chi connectivity index (χ3v) is 1.97. The van der Waals surface area contributed by atoms with Crippen LogP contribution in [0.15, 0.2) is 30.3 Å². The summed E-state index contributed by atoms with van der Waals surface area (Å²) < 4.78 is 5.18. The fourth-order valence-electron chi connectivity index (χ4n) is 1.24. The zero-order valence-electron chi connectivity index (χ0n) is 7.95. The summed E-state index contributed by atoms with van der Waals surface area (Å²) in [5.74, 6) is 0.796. The first-order chi connectivity index (χ1) is 6.33. The first kappa shape index (κ1) is 9.81. The van der Waals surface area contributed by atoms with Gasteiger partial charge in [-0.3, -0.25) is 0 Å². The van der Waals surface area contributed by atoms with Gasteiger partial charge in [0.1, 0.15) is 5.75 Å². The highest BCUT2D eigenvalue weighted by atomic mass is 16.5. The lowest BCUT2D eigenvalue weighted by atomic mass is 10.1. The number of rotatable bonds is 3. The molecule has 70 valence electrons. The zero-order chi connectivity index (χ0) is 9.68. The van der Waals surface area contributed by atoms with Gasteiger partial charge in [-0.05, 0) is 18.6 Å². The summed E-state index contributed by atoms with van der Waals surface area (Å²) in [7, 11) is 1.63. The van der Waals surface area contributed by atoms with Gasteiger partial charge in [0.05, 0.1) is 13.7 Å². The van der Waals surface area contributed by atoms with Crippen LogP contribution in [-0.4, -0.2) is 18.8 Å². The maximum absolute atomic E-state index is 9.08. The molecule has 0 aliphatic rings. The molecule has 0 unspecified atom stereocenters. The van der Waals surface area contributed by atoms with Crippen LogP contribution in [0.25, 0.3) is 5.57 Å². The monoisotopic (exact) mass is 178 g/mol. The van der Waals surface area contributed by atoms with Gasteiger partial charge in [0, 0.05) is 5.56 Å². The van der Waals surface area contributed by atoms with Gasteiger partial charge >= 0.3 is 0 Å². The van der Waals surface area contributed by atoms with Gasteiger partial charge in [0.15, 0.2) is 0 Å². The van der Waals surface area contributed by atoms with Crippen LogP contribution >= 0.6 is 0 Å². The van der Waals surface area contributed by atoms with E-state index < -0.39 is 0 Å². The molecule has 1 aromatic rings. The molecule has 0 saturated heterocycles. The largest absolute Gasteiger partial charge is 0.496 e. The highest BCUT2D eigenvalue weighted by molar-refractivity contribution is 5.70. The van der Waals surface area contributed by atoms with E-state index in [4.69, 9.17) is 9.84 Å². The molecule has 0 saturated carbocycles. The van der Waals surface area contributed by atoms with Crippen molar-refractivity contribution in [2.45, 2.75) is 6.92 Å². The molecule has 2 nitrogen and oxygen atoms in total. The minimum atomic E-state index is 0.0386. The lowest BCUT2D eigenvalue weighted by molar-refractivity contribution is 0.348. The van der Waals surface area contributed by atoms with Crippen molar-refractivity contribution < 1.29 is 9.84 Å². The third kappa shape index (κ3) is 2.10. The lowest BCUT2D eigenvalue weighted by Crippen LogP contribution is -1.94. The van der Waals surface area contributed by atoms with Crippen LogP contribution in [0, 0.1) is 0 Å². The quantitative estimate of drug-likeness (QED) is 0.768. The van der Waals surface area contributed by atoms with Crippen molar-refractivity contribution in [2.24, 2.45) is 0 Å². The Bertz CT molecular complexity index is 303. The summed E-state index contributed by atoms with van der Waals surface area (Å²) in [6.45, 7) is 1.94. The number of aliphatic hydroxyl groups is 1. The van der Waals surface area contributed by atoms with E-state index in [1.54, 1.807) is 7.11 Å². The Hall–Kier alpha value is -1.28. The Morgan fingerprint density at radius 1 is 1.46 bits per heavy atom. The van der Waals surface area contributed by atoms with Crippen LogP contribution in [0.5, 0.6) is 5.75 Å². The zero-order valence-corrected chi connectivity index (χ0v) is 7.95. The Balaban J connectivity index is 3.12. The van der Waals surface area contributed by atoms with Crippen molar-refractivity contribution in [2.75, 3.05) is 13.7 Å². The Morgan fingerprint density at radius 2 is 2.15 bits per heavy atom. The maximum atomic E-state index is 9.08. The Kier molecular flexibility index (Phi) is 3.53. The Labute approximate surface area is 78.5 Å². The predicted molar refractivity (Wildman–Crippen MR) is 53.7 cm³/mol. The first-order valence-corrected chi connectivity index (χ1v) is 4.23. The molecule has 1 aromatic carbocycles. The Morgan fingerprint density at radius 3 is 2.69 bits per heavy atom. The lowest BCUT2D eigenvalue weighted by Gasteiger charge is -2.09. The summed E-state index contributed by atoms with van der Waals surface area (Å²) in [4.78, 5) is 0. The summed E-state index contributed by atoms with van der Waals surface area (Å²) in [6.07, 6.45) is 1.89. The number of para-hydroxylation sites is 1. The van der Waals surface area contributed by atoms with Gasteiger partial charge in [-0.1, -0.05) is 24.3 Å². The molecule has 0 amide bonds. The normalized spacial score (nSPS) is 11.5. The highest BCUT2D eigenvalue weighted by Crippen LogP contribution is 2.24. The van der Waals surface area contributed by atoms with Crippen LogP contribution in [-0.2, 0) is 0 Å². The maximum Gasteiger partial charge on any atom is 0.126 e. The molecule has 0 bridgehead atoms. The number of allylic oxidation sites excluding steroid dienone is 1. The van der Waals surface area contributed by atoms with Gasteiger partial charge in [0.25, 0.3) is 0 Å². The fraction of sp³-hybridized carbons (Fsp3) is 0.273. The SMILES string of the molecule is C/C=C(\CO)c1ccccc1OC. The van der Waals surface area contributed by atoms with Gasteiger partial charge in [0.2, 0.25) is 0 Å². The second-order valence-electron chi connectivity index (χ2n) is 2.67. The van der Waals surface area contributed by atoms with E-state index >= 15 is 0 Å². The molecule has 2 heteroatoms. The number of hydrogen-bond acceptors (Lipinski definition) is 2. The molecule has 0 radical (unpaired) electrons. The van der Waals surface area contributed by atoms with E-state index in [0.29, 0.717) is 0 Å². The van der Waals surface area contributed by atoms with Crippen LogP contribution in [0.1, 0.15) is 12.5 Å². The van der Waals surface area contributed by atoms with Crippen molar-refractivity contribution in [3.05, 3.63) is 35.9 Å². The number of aliphatic hydroxyl groups excluding tert-OH is 1. The minimum Gasteiger partial charge on any atom is -0.496 e. The molecular weight excluding hydrogens is 164 g/mol. The first-order valence-electron chi connectivity index (χ1n) is 4.23. The second kappa shape index (κ2) is 4.67. The summed E-state index contributed by atoms with van der Waals surface area (Å²) in [5.41, 5.74) is 1.84. The van der Waals surface area contributed by atoms with E-state index in [9.17, 15) is 0 Å². The predicted octanol–water partition coefficient (Wildman–Crippen LogP) is 2.09. The smallest absolute Gasteiger partial charge is 0.126 e. The number of ether oxygens (including phenoxy) is 1. The van der Waals surface area contributed by atoms with Gasteiger partial charge in [-0.25, -0.2) is 0 Å². The fourth-order valence-corrected chi connectivity index (χ4v) is 1.24. The average Bonchev–Trinajstić information content (AvgIpc) is 2.20. The molecule has 0 heterocycles. The molecule has 13 heavy (non-hydrogen) atoms. The molecule has 0 aliphatic carbocycles. The third-order valence-electron chi connectivity index (χ3n) is 1.97. The molecule has 0 aromatic heterocycles. The summed E-state index contributed by atoms with van der Waals surface area (Å²) >= 11 is 0. The molecule has 1 N–H and O–H groups in total. The minimum absolute atomic E-state index is 0.0386. The second-order valence-corrected chi connectivity index (χ2v) is 2.67. The van der Waals surface area contributed by atoms with E-state index in [1.165, 1.54) is 0 Å². The van der Waals surface area contributed by atoms with Gasteiger partial charge < -0.3 is 9.84 Å². The molecule has 1 rings (SSSR count). The van der Waals surface area contributed by atoms with Crippen LogP contribution < -0.4 is 4.74 Å². The number of benzene rings is 1. The number of methoxy groups -OCH3 is 1. The van der Waals surface area contributed by atoms with Crippen molar-refractivity contribution in [1.82, 2.24) is 0 Å². The van der Waals surface area contributed by atoms with E-state index in [0.717, 1.165) is 16.9 Å². The van der Waals surface area contributed by atoms with Crippen molar-refractivity contribution in [3.63, 3.8) is 0 Å². The van der Waals surface area contributed by atoms with Crippen molar-refractivity contribution in [1.29, 1.82) is 0 Å². The topological polar surface area (TPSA) is 29.5 Å². The summed E-state index contributed by atoms with van der Waals surface area (Å²) in [5, 5.41) is 9.08. The van der Waals surface area contributed by atoms with Crippen LogP contribution in [0.3, 0.4) is 0 Å². The standard InChI is InChI=1S/C11H14O2/c1-3-9(8-12)10-6-4-5-7-11(10)13-2/h3-7,12H,8H2,1-2H3/b9-3+. The average molecular weight is 178 g/mol. The highest BCUT2D eigenvalue weighted by Gasteiger charge is 2.04. The number of hydrogen-bond donors (Lipinski definition) is 1. The van der Waals surface area contributed by atoms with Crippen LogP contribution in [0.4, 0.5) is 0 Å². The molecule has 0 atom stereocenters. The summed E-state index contributed by atoms with van der Waals surface area (Å²) in [6, 6.07) is 7.66. The molecule has 0 aliphatic heterocycles. The van der Waals surface area contributed by atoms with E-state index in [1.807, 2.05) is 37.3 Å². The molecule has 0 fully saturated rings. The van der Waals surface area contributed by atoms with Crippen LogP contribution in [0.2, 0.25) is 0 Å².